The van der Waals surface area contributed by atoms with Crippen molar-refractivity contribution < 1.29 is 4.42 Å². The lowest BCUT2D eigenvalue weighted by molar-refractivity contribution is 0.669. The monoisotopic (exact) mass is 827 g/mol. The van der Waals surface area contributed by atoms with Gasteiger partial charge in [0.1, 0.15) is 11.2 Å². The van der Waals surface area contributed by atoms with E-state index in [0.29, 0.717) is 0 Å². The first-order chi connectivity index (χ1) is 32.2. The normalized spacial score (nSPS) is 13.4. The van der Waals surface area contributed by atoms with Crippen LogP contribution in [0.2, 0.25) is 0 Å². The van der Waals surface area contributed by atoms with E-state index in [2.05, 4.69) is 241 Å². The predicted molar refractivity (Wildman–Crippen MR) is 270 cm³/mol. The van der Waals surface area contributed by atoms with Gasteiger partial charge in [0.15, 0.2) is 0 Å². The lowest BCUT2D eigenvalue weighted by atomic mass is 9.64. The lowest BCUT2D eigenvalue weighted by Gasteiger charge is -2.45. The van der Waals surface area contributed by atoms with Crippen molar-refractivity contribution in [3.63, 3.8) is 0 Å². The van der Waals surface area contributed by atoms with Crippen molar-refractivity contribution in [3.05, 3.63) is 282 Å². The first-order valence-electron chi connectivity index (χ1n) is 22.4. The van der Waals surface area contributed by atoms with Crippen molar-refractivity contribution in [2.24, 2.45) is 0 Å². The number of furan rings is 1. The zero-order valence-electron chi connectivity index (χ0n) is 35.5. The molecule has 1 aliphatic carbocycles. The maximum atomic E-state index is 6.16. The van der Waals surface area contributed by atoms with Gasteiger partial charge in [-0.05, 0) is 126 Å². The maximum absolute atomic E-state index is 6.16. The van der Waals surface area contributed by atoms with Gasteiger partial charge in [-0.1, -0.05) is 200 Å². The van der Waals surface area contributed by atoms with Crippen molar-refractivity contribution in [3.8, 4) is 33.4 Å². The Morgan fingerprint density at radius 2 is 0.954 bits per heavy atom. The fourth-order valence-corrected chi connectivity index (χ4v) is 10.9. The molecule has 0 radical (unpaired) electrons. The van der Waals surface area contributed by atoms with Crippen LogP contribution in [0.4, 0.5) is 17.1 Å². The van der Waals surface area contributed by atoms with E-state index in [1.54, 1.807) is 0 Å². The number of benzene rings is 10. The highest BCUT2D eigenvalue weighted by atomic mass is 16.3. The van der Waals surface area contributed by atoms with Gasteiger partial charge in [-0.2, -0.15) is 0 Å². The van der Waals surface area contributed by atoms with Crippen LogP contribution in [-0.4, -0.2) is 0 Å². The zero-order chi connectivity index (χ0) is 42.9. The van der Waals surface area contributed by atoms with Gasteiger partial charge in [-0.25, -0.2) is 0 Å². The number of rotatable bonds is 6. The fraction of sp³-hybridized carbons (Fsp3) is 0.0159. The molecule has 10 aromatic carbocycles. The van der Waals surface area contributed by atoms with Crippen LogP contribution in [0.3, 0.4) is 0 Å². The molecule has 2 aliphatic rings. The molecule has 0 bridgehead atoms. The SMILES string of the molecule is C(=C(\c1ccc(-c2ccccc2)cc1)c1cccc2c1-c1ccccc1C21c2ccccc2N(c2ccccc2)c2ccccc21)/c1ccc(-c2ccc3oc4ccccc4c3c2)cc1. The molecule has 0 N–H and O–H groups in total. The zero-order valence-corrected chi connectivity index (χ0v) is 35.5. The summed E-state index contributed by atoms with van der Waals surface area (Å²) in [6.07, 6.45) is 2.39. The minimum Gasteiger partial charge on any atom is -0.456 e. The summed E-state index contributed by atoms with van der Waals surface area (Å²) < 4.78 is 6.16. The summed E-state index contributed by atoms with van der Waals surface area (Å²) in [5.41, 5.74) is 21.9. The average molecular weight is 828 g/mol. The topological polar surface area (TPSA) is 16.4 Å². The molecule has 0 fully saturated rings. The van der Waals surface area contributed by atoms with Crippen molar-refractivity contribution in [2.75, 3.05) is 4.90 Å². The molecule has 2 nitrogen and oxygen atoms in total. The molecular weight excluding hydrogens is 787 g/mol. The Bertz CT molecular complexity index is 3590. The van der Waals surface area contributed by atoms with Crippen LogP contribution < -0.4 is 4.90 Å². The summed E-state index contributed by atoms with van der Waals surface area (Å²) >= 11 is 0. The molecule has 1 aromatic heterocycles. The highest BCUT2D eigenvalue weighted by molar-refractivity contribution is 6.07. The van der Waals surface area contributed by atoms with E-state index in [-0.39, 0.29) is 0 Å². The molecule has 1 aliphatic heterocycles. The van der Waals surface area contributed by atoms with E-state index in [1.807, 2.05) is 12.1 Å². The number of para-hydroxylation sites is 4. The van der Waals surface area contributed by atoms with E-state index >= 15 is 0 Å². The Balaban J connectivity index is 1.01. The van der Waals surface area contributed by atoms with Crippen molar-refractivity contribution in [2.45, 2.75) is 5.41 Å². The average Bonchev–Trinajstić information content (AvgIpc) is 3.90. The highest BCUT2D eigenvalue weighted by Gasteiger charge is 2.52. The third-order valence-electron chi connectivity index (χ3n) is 13.7. The molecule has 0 saturated carbocycles. The van der Waals surface area contributed by atoms with Gasteiger partial charge in [0.25, 0.3) is 0 Å². The van der Waals surface area contributed by atoms with Crippen LogP contribution in [0, 0.1) is 0 Å². The summed E-state index contributed by atoms with van der Waals surface area (Å²) in [5.74, 6) is 0. The molecule has 13 rings (SSSR count). The van der Waals surface area contributed by atoms with Crippen LogP contribution in [0.5, 0.6) is 0 Å². The van der Waals surface area contributed by atoms with E-state index in [1.165, 1.54) is 72.6 Å². The van der Waals surface area contributed by atoms with E-state index in [9.17, 15) is 0 Å². The molecule has 11 aromatic rings. The van der Waals surface area contributed by atoms with E-state index < -0.39 is 5.41 Å². The van der Waals surface area contributed by atoms with Gasteiger partial charge in [0.2, 0.25) is 0 Å². The Morgan fingerprint density at radius 3 is 1.71 bits per heavy atom. The van der Waals surface area contributed by atoms with Crippen LogP contribution in [-0.2, 0) is 5.41 Å². The van der Waals surface area contributed by atoms with Crippen LogP contribution in [0.1, 0.15) is 38.9 Å². The number of hydrogen-bond acceptors (Lipinski definition) is 2. The van der Waals surface area contributed by atoms with Crippen LogP contribution >= 0.6 is 0 Å². The first-order valence-corrected chi connectivity index (χ1v) is 22.4. The smallest absolute Gasteiger partial charge is 0.135 e. The van der Waals surface area contributed by atoms with Gasteiger partial charge in [-0.15, -0.1) is 0 Å². The molecule has 0 unspecified atom stereocenters. The number of hydrogen-bond donors (Lipinski definition) is 0. The summed E-state index contributed by atoms with van der Waals surface area (Å²) in [6, 6.07) is 88.6. The standard InChI is InChI=1S/C63H41NO/c1-3-16-43(17-4-1)44-34-36-46(37-35-44)52(40-42-30-32-45(33-31-42)47-38-39-61-53(41-47)49-20-8-14-29-60(49)65-61)50-22-15-26-57-62(50)51-21-7-9-23-54(51)63(57)55-24-10-12-27-58(55)64(48-18-5-2-6-19-48)59-28-13-11-25-56(59)63/h1-41H/b52-40-. The van der Waals surface area contributed by atoms with Crippen molar-refractivity contribution in [1.29, 1.82) is 0 Å². The summed E-state index contributed by atoms with van der Waals surface area (Å²) in [7, 11) is 0. The van der Waals surface area contributed by atoms with Crippen LogP contribution in [0.25, 0.3) is 67.0 Å². The predicted octanol–water partition coefficient (Wildman–Crippen LogP) is 16.7. The molecule has 65 heavy (non-hydrogen) atoms. The second-order valence-corrected chi connectivity index (χ2v) is 17.2. The molecule has 0 atom stereocenters. The minimum atomic E-state index is -0.550. The Kier molecular flexibility index (Phi) is 8.47. The highest BCUT2D eigenvalue weighted by Crippen LogP contribution is 2.64. The first kappa shape index (κ1) is 37.1. The second kappa shape index (κ2) is 14.8. The molecule has 304 valence electrons. The van der Waals surface area contributed by atoms with Gasteiger partial charge in [-0.3, -0.25) is 0 Å². The molecule has 0 saturated heterocycles. The third-order valence-corrected chi connectivity index (χ3v) is 13.7. The molecule has 2 heterocycles. The van der Waals surface area contributed by atoms with E-state index in [4.69, 9.17) is 4.42 Å². The quantitative estimate of drug-likeness (QED) is 0.155. The second-order valence-electron chi connectivity index (χ2n) is 17.2. The Hall–Kier alpha value is -8.46. The van der Waals surface area contributed by atoms with Gasteiger partial charge >= 0.3 is 0 Å². The van der Waals surface area contributed by atoms with Crippen LogP contribution in [0.15, 0.2) is 247 Å². The minimum absolute atomic E-state index is 0.550. The van der Waals surface area contributed by atoms with Crippen molar-refractivity contribution in [1.82, 2.24) is 0 Å². The van der Waals surface area contributed by atoms with Gasteiger partial charge < -0.3 is 9.32 Å². The maximum Gasteiger partial charge on any atom is 0.135 e. The third kappa shape index (κ3) is 5.74. The summed E-state index contributed by atoms with van der Waals surface area (Å²) in [5, 5.41) is 2.27. The Morgan fingerprint density at radius 1 is 0.400 bits per heavy atom. The van der Waals surface area contributed by atoms with Crippen molar-refractivity contribution >= 4 is 50.6 Å². The summed E-state index contributed by atoms with van der Waals surface area (Å²) in [6.45, 7) is 0. The van der Waals surface area contributed by atoms with Gasteiger partial charge in [0.05, 0.1) is 16.8 Å². The summed E-state index contributed by atoms with van der Waals surface area (Å²) in [4.78, 5) is 2.44. The number of fused-ring (bicyclic) bond motifs is 12. The molecule has 1 spiro atoms. The number of nitrogens with zero attached hydrogens (tertiary/aromatic N) is 1. The molecular formula is C63H41NO. The van der Waals surface area contributed by atoms with E-state index in [0.717, 1.165) is 44.3 Å². The Labute approximate surface area is 378 Å². The fourth-order valence-electron chi connectivity index (χ4n) is 10.9. The molecule has 2 heteroatoms. The number of anilines is 3. The molecule has 0 amide bonds. The van der Waals surface area contributed by atoms with Gasteiger partial charge in [0, 0.05) is 16.5 Å². The largest absolute Gasteiger partial charge is 0.456 e. The lowest BCUT2D eigenvalue weighted by Crippen LogP contribution is -2.36.